The number of anilines is 4. The monoisotopic (exact) mass is 896 g/mol. The van der Waals surface area contributed by atoms with E-state index in [9.17, 15) is 4.79 Å². The van der Waals surface area contributed by atoms with Gasteiger partial charge in [-0.3, -0.25) is 14.2 Å². The zero-order valence-corrected chi connectivity index (χ0v) is 41.0. The van der Waals surface area contributed by atoms with Crippen LogP contribution >= 0.6 is 0 Å². The van der Waals surface area contributed by atoms with E-state index < -0.39 is 0 Å². The predicted molar refractivity (Wildman–Crippen MR) is 267 cm³/mol. The van der Waals surface area contributed by atoms with E-state index in [0.29, 0.717) is 41.6 Å². The van der Waals surface area contributed by atoms with Crippen LogP contribution in [0.5, 0.6) is 0 Å². The Morgan fingerprint density at radius 3 is 1.58 bits per heavy atom. The number of benzene rings is 2. The van der Waals surface area contributed by atoms with Gasteiger partial charge in [-0.1, -0.05) is 65.8 Å². The normalized spacial score (nSPS) is 14.7. The second-order valence-electron chi connectivity index (χ2n) is 20.0. The van der Waals surface area contributed by atoms with E-state index in [0.717, 1.165) is 77.7 Å². The fourth-order valence-electron chi connectivity index (χ4n) is 8.69. The highest BCUT2D eigenvalue weighted by atomic mass is 16.2. The van der Waals surface area contributed by atoms with Gasteiger partial charge in [-0.25, -0.2) is 19.9 Å². The summed E-state index contributed by atoms with van der Waals surface area (Å²) >= 11 is 0. The van der Waals surface area contributed by atoms with Gasteiger partial charge < -0.3 is 26.6 Å². The first kappa shape index (κ1) is 49.4. The Morgan fingerprint density at radius 2 is 1.17 bits per heavy atom. The molecular weight excluding hydrogens is 823 g/mol. The summed E-state index contributed by atoms with van der Waals surface area (Å²) in [6.07, 6.45) is 17.0. The number of amides is 1. The van der Waals surface area contributed by atoms with Crippen molar-refractivity contribution in [1.29, 1.82) is 0 Å². The lowest BCUT2D eigenvalue weighted by atomic mass is 9.75. The van der Waals surface area contributed by atoms with Crippen LogP contribution in [0.2, 0.25) is 0 Å². The molecule has 6 heterocycles. The lowest BCUT2D eigenvalue weighted by molar-refractivity contribution is -0.133. The molecule has 14 nitrogen and oxygen atoms in total. The highest BCUT2D eigenvalue weighted by molar-refractivity contribution is 5.76. The molecule has 2 fully saturated rings. The van der Waals surface area contributed by atoms with Crippen molar-refractivity contribution in [3.8, 4) is 22.5 Å². The van der Waals surface area contributed by atoms with Crippen LogP contribution in [0.4, 0.5) is 23.3 Å². The first-order valence-corrected chi connectivity index (χ1v) is 23.5. The number of nitrogens with two attached hydrogens (primary N) is 1. The molecule has 0 spiro atoms. The maximum atomic E-state index is 12.8. The van der Waals surface area contributed by atoms with Crippen LogP contribution in [0.3, 0.4) is 0 Å². The van der Waals surface area contributed by atoms with Crippen molar-refractivity contribution in [2.75, 3.05) is 36.8 Å². The molecule has 2 saturated heterocycles. The Morgan fingerprint density at radius 1 is 0.697 bits per heavy atom. The van der Waals surface area contributed by atoms with E-state index in [-0.39, 0.29) is 5.91 Å². The third kappa shape index (κ3) is 14.3. The minimum atomic E-state index is 0.276. The highest BCUT2D eigenvalue weighted by Crippen LogP contribution is 2.35. The summed E-state index contributed by atoms with van der Waals surface area (Å²) < 4.78 is 3.45. The molecule has 352 valence electrons. The molecule has 0 bridgehead atoms. The zero-order valence-electron chi connectivity index (χ0n) is 41.0. The van der Waals surface area contributed by atoms with Crippen LogP contribution in [0.25, 0.3) is 22.5 Å². The summed E-state index contributed by atoms with van der Waals surface area (Å²) in [4.78, 5) is 32.6. The molecule has 6 aromatic rings. The lowest BCUT2D eigenvalue weighted by Crippen LogP contribution is -2.41. The number of nitrogens with one attached hydrogen (secondary N) is 3. The predicted octanol–water partition coefficient (Wildman–Crippen LogP) is 9.57. The summed E-state index contributed by atoms with van der Waals surface area (Å²) in [7, 11) is 3.74. The van der Waals surface area contributed by atoms with Crippen LogP contribution in [-0.2, 0) is 31.9 Å². The number of rotatable bonds is 10. The van der Waals surface area contributed by atoms with Crippen molar-refractivity contribution in [3.63, 3.8) is 0 Å². The minimum absolute atomic E-state index is 0.276. The number of carbonyl (C=O) groups excluding carboxylic acids is 1. The smallest absolute Gasteiger partial charge is 0.227 e. The molecule has 0 aliphatic carbocycles. The fraction of sp³-hybridized carbons (Fsp3) is 0.481. The Hall–Kier alpha value is -5.99. The lowest BCUT2D eigenvalue weighted by Gasteiger charge is -2.38. The molecular formula is C52H73N13O. The standard InChI is InChI=1S/C27H36N6O.C16H18N6.C9H19N/c1-19-16-21(24-10-13-28-26(31-24)30-23-17-29-32(5)18-23)7-6-20(19)8-9-25(34)33-14-11-22(12-15-33)27(2,3)4;1-11-7-12(3-4-13(11)8-17)15-5-6-18-16(21-15)20-14-9-19-22(2)10-14;1-9(2,3)8-4-6-10-7-5-8/h6-7,10,13,16-18,22H,8-9,11-12,14-15H2,1-5H3,(H,28,30,31);3-7,9-10H,8,17H2,1-2H3,(H,18,20,21);8,10H,4-7H2,1-3H3. The molecule has 0 radical (unpaired) electrons. The fourth-order valence-corrected chi connectivity index (χ4v) is 8.69. The average Bonchev–Trinajstić information content (AvgIpc) is 3.91. The van der Waals surface area contributed by atoms with E-state index in [2.05, 4.69) is 131 Å². The number of hydrogen-bond acceptors (Lipinski definition) is 11. The van der Waals surface area contributed by atoms with Crippen LogP contribution in [0, 0.1) is 36.5 Å². The van der Waals surface area contributed by atoms with Gasteiger partial charge >= 0.3 is 0 Å². The number of aromatic nitrogens is 8. The second kappa shape index (κ2) is 22.5. The van der Waals surface area contributed by atoms with Gasteiger partial charge in [0.2, 0.25) is 17.8 Å². The number of carbonyl (C=O) groups is 1. The van der Waals surface area contributed by atoms with Crippen molar-refractivity contribution in [2.24, 2.45) is 42.5 Å². The topological polar surface area (TPSA) is 170 Å². The van der Waals surface area contributed by atoms with E-state index >= 15 is 0 Å². The number of piperidine rings is 2. The van der Waals surface area contributed by atoms with Gasteiger partial charge in [0.15, 0.2) is 0 Å². The van der Waals surface area contributed by atoms with Gasteiger partial charge in [0.05, 0.1) is 35.2 Å². The molecule has 0 atom stereocenters. The third-order valence-electron chi connectivity index (χ3n) is 13.0. The van der Waals surface area contributed by atoms with Gasteiger partial charge in [-0.05, 0) is 128 Å². The van der Waals surface area contributed by atoms with Gasteiger partial charge in [-0.2, -0.15) is 10.2 Å². The van der Waals surface area contributed by atoms with Crippen molar-refractivity contribution >= 4 is 29.2 Å². The first-order valence-electron chi connectivity index (χ1n) is 23.5. The first-order chi connectivity index (χ1) is 31.4. The molecule has 4 aromatic heterocycles. The van der Waals surface area contributed by atoms with E-state index in [1.54, 1.807) is 34.2 Å². The number of aryl methyl sites for hydroxylation is 5. The maximum Gasteiger partial charge on any atom is 0.227 e. The van der Waals surface area contributed by atoms with Crippen molar-refractivity contribution < 1.29 is 4.79 Å². The van der Waals surface area contributed by atoms with Crippen LogP contribution in [0.1, 0.15) is 95.9 Å². The summed E-state index contributed by atoms with van der Waals surface area (Å²) in [5, 5.41) is 18.0. The summed E-state index contributed by atoms with van der Waals surface area (Å²) in [5.74, 6) is 3.00. The third-order valence-corrected chi connectivity index (χ3v) is 13.0. The minimum Gasteiger partial charge on any atom is -0.343 e. The molecule has 5 N–H and O–H groups in total. The molecule has 1 amide bonds. The zero-order chi connectivity index (χ0) is 47.4. The van der Waals surface area contributed by atoms with E-state index in [1.165, 1.54) is 42.6 Å². The van der Waals surface area contributed by atoms with Gasteiger partial charge in [0, 0.05) is 76.1 Å². The Labute approximate surface area is 392 Å². The Balaban J connectivity index is 0.000000191. The van der Waals surface area contributed by atoms with Crippen molar-refractivity contribution in [3.05, 3.63) is 108 Å². The molecule has 14 heteroatoms. The van der Waals surface area contributed by atoms with E-state index in [4.69, 9.17) is 5.73 Å². The van der Waals surface area contributed by atoms with Crippen molar-refractivity contribution in [2.45, 2.75) is 100 Å². The summed E-state index contributed by atoms with van der Waals surface area (Å²) in [6, 6.07) is 16.3. The Kier molecular flexibility index (Phi) is 16.8. The summed E-state index contributed by atoms with van der Waals surface area (Å²) in [6.45, 7) is 22.9. The molecule has 0 unspecified atom stereocenters. The molecule has 0 saturated carbocycles. The van der Waals surface area contributed by atoms with Crippen LogP contribution in [0.15, 0.2) is 85.7 Å². The van der Waals surface area contributed by atoms with Crippen LogP contribution < -0.4 is 21.7 Å². The van der Waals surface area contributed by atoms with Gasteiger partial charge in [-0.15, -0.1) is 0 Å². The van der Waals surface area contributed by atoms with Gasteiger partial charge in [0.1, 0.15) is 0 Å². The Bertz CT molecular complexity index is 2480. The van der Waals surface area contributed by atoms with Crippen LogP contribution in [-0.4, -0.2) is 76.5 Å². The number of hydrogen-bond donors (Lipinski definition) is 4. The van der Waals surface area contributed by atoms with Crippen molar-refractivity contribution in [1.82, 2.24) is 49.7 Å². The molecule has 2 aromatic carbocycles. The quantitative estimate of drug-likeness (QED) is 0.103. The van der Waals surface area contributed by atoms with Gasteiger partial charge in [0.25, 0.3) is 0 Å². The second-order valence-corrected chi connectivity index (χ2v) is 20.0. The highest BCUT2D eigenvalue weighted by Gasteiger charge is 2.30. The average molecular weight is 896 g/mol. The molecule has 2 aliphatic rings. The molecule has 66 heavy (non-hydrogen) atoms. The largest absolute Gasteiger partial charge is 0.343 e. The number of nitrogens with zero attached hydrogens (tertiary/aromatic N) is 9. The molecule has 8 rings (SSSR count). The molecule has 2 aliphatic heterocycles. The number of likely N-dealkylation sites (tertiary alicyclic amines) is 1. The summed E-state index contributed by atoms with van der Waals surface area (Å²) in [5.41, 5.74) is 16.8. The van der Waals surface area contributed by atoms with E-state index in [1.807, 2.05) is 50.8 Å². The maximum absolute atomic E-state index is 12.8. The SMILES string of the molecule is CC(C)(C)C1CCNCC1.Cc1cc(-c2ccnc(Nc3cnn(C)c3)n2)ccc1CCC(=O)N1CCC(C(C)(C)C)CC1.Cc1cc(-c2ccnc(Nc3cnn(C)c3)n2)ccc1CN.